The molecular formula is C11H14N2OS. The summed E-state index contributed by atoms with van der Waals surface area (Å²) in [4.78, 5) is 7.54. The van der Waals surface area contributed by atoms with E-state index in [1.165, 1.54) is 0 Å². The first kappa shape index (κ1) is 10.4. The minimum atomic E-state index is -0.251. The summed E-state index contributed by atoms with van der Waals surface area (Å²) < 4.78 is 0. The molecule has 0 saturated heterocycles. The summed E-state index contributed by atoms with van der Waals surface area (Å²) in [5, 5.41) is 12.2. The van der Waals surface area contributed by atoms with Crippen LogP contribution in [0.4, 0.5) is 0 Å². The van der Waals surface area contributed by atoms with E-state index < -0.39 is 0 Å². The lowest BCUT2D eigenvalue weighted by atomic mass is 9.96. The van der Waals surface area contributed by atoms with E-state index >= 15 is 0 Å². The van der Waals surface area contributed by atoms with Crippen LogP contribution in [0.15, 0.2) is 23.8 Å². The van der Waals surface area contributed by atoms with Gasteiger partial charge in [0, 0.05) is 28.8 Å². The molecule has 0 bridgehead atoms. The zero-order valence-electron chi connectivity index (χ0n) is 8.82. The third-order valence-electron chi connectivity index (χ3n) is 2.37. The standard InChI is InChI=1S/C11H14N2OS/c1-11(2,7-14)10-13-9(6-15-10)8-3-4-12-5-8/h3-6,12,14H,7H2,1-2H3. The van der Waals surface area contributed by atoms with E-state index in [1.54, 1.807) is 11.3 Å². The van der Waals surface area contributed by atoms with E-state index in [0.29, 0.717) is 0 Å². The highest BCUT2D eigenvalue weighted by atomic mass is 32.1. The van der Waals surface area contributed by atoms with Gasteiger partial charge in [0.25, 0.3) is 0 Å². The second kappa shape index (κ2) is 3.79. The topological polar surface area (TPSA) is 48.9 Å². The molecule has 0 radical (unpaired) electrons. The van der Waals surface area contributed by atoms with Gasteiger partial charge >= 0.3 is 0 Å². The second-order valence-electron chi connectivity index (χ2n) is 4.18. The Bertz CT molecular complexity index is 431. The number of rotatable bonds is 3. The van der Waals surface area contributed by atoms with Crippen LogP contribution in [-0.2, 0) is 5.41 Å². The van der Waals surface area contributed by atoms with Crippen molar-refractivity contribution in [2.75, 3.05) is 6.61 Å². The summed E-state index contributed by atoms with van der Waals surface area (Å²) in [6, 6.07) is 1.99. The molecule has 0 atom stereocenters. The highest BCUT2D eigenvalue weighted by Gasteiger charge is 2.23. The first-order valence-electron chi connectivity index (χ1n) is 4.83. The smallest absolute Gasteiger partial charge is 0.101 e. The normalized spacial score (nSPS) is 11.9. The first-order chi connectivity index (χ1) is 7.13. The Kier molecular flexibility index (Phi) is 2.63. The molecule has 2 N–H and O–H groups in total. The van der Waals surface area contributed by atoms with Gasteiger partial charge in [-0.15, -0.1) is 11.3 Å². The molecule has 0 aliphatic carbocycles. The number of aliphatic hydroxyl groups excluding tert-OH is 1. The van der Waals surface area contributed by atoms with Crippen LogP contribution >= 0.6 is 11.3 Å². The Labute approximate surface area is 92.8 Å². The summed E-state index contributed by atoms with van der Waals surface area (Å²) in [5.74, 6) is 0. The van der Waals surface area contributed by atoms with Gasteiger partial charge in [-0.25, -0.2) is 4.98 Å². The number of H-pyrrole nitrogens is 1. The minimum Gasteiger partial charge on any atom is -0.395 e. The lowest BCUT2D eigenvalue weighted by Crippen LogP contribution is -2.21. The summed E-state index contributed by atoms with van der Waals surface area (Å²) in [5.41, 5.74) is 1.81. The zero-order valence-corrected chi connectivity index (χ0v) is 9.64. The SMILES string of the molecule is CC(C)(CO)c1nc(-c2cc[nH]c2)cs1. The number of aromatic nitrogens is 2. The minimum absolute atomic E-state index is 0.118. The maximum absolute atomic E-state index is 9.25. The van der Waals surface area contributed by atoms with Crippen molar-refractivity contribution in [2.45, 2.75) is 19.3 Å². The average molecular weight is 222 g/mol. The molecule has 80 valence electrons. The number of thiazole rings is 1. The molecule has 2 heterocycles. The van der Waals surface area contributed by atoms with Crippen molar-refractivity contribution in [1.29, 1.82) is 0 Å². The van der Waals surface area contributed by atoms with Crippen LogP contribution in [0.2, 0.25) is 0 Å². The fourth-order valence-electron chi connectivity index (χ4n) is 1.27. The lowest BCUT2D eigenvalue weighted by molar-refractivity contribution is 0.218. The molecule has 2 rings (SSSR count). The van der Waals surface area contributed by atoms with Crippen LogP contribution < -0.4 is 0 Å². The molecule has 0 spiro atoms. The van der Waals surface area contributed by atoms with Crippen LogP contribution in [0, 0.1) is 0 Å². The predicted molar refractivity (Wildman–Crippen MR) is 62.0 cm³/mol. The third kappa shape index (κ3) is 1.96. The van der Waals surface area contributed by atoms with E-state index in [2.05, 4.69) is 9.97 Å². The maximum Gasteiger partial charge on any atom is 0.101 e. The van der Waals surface area contributed by atoms with Gasteiger partial charge < -0.3 is 10.1 Å². The summed E-state index contributed by atoms with van der Waals surface area (Å²) >= 11 is 1.59. The van der Waals surface area contributed by atoms with Gasteiger partial charge in [-0.05, 0) is 6.07 Å². The second-order valence-corrected chi connectivity index (χ2v) is 5.04. The van der Waals surface area contributed by atoms with Crippen LogP contribution in [0.25, 0.3) is 11.3 Å². The average Bonchev–Trinajstić information content (AvgIpc) is 2.88. The highest BCUT2D eigenvalue weighted by Crippen LogP contribution is 2.29. The van der Waals surface area contributed by atoms with Gasteiger partial charge in [0.2, 0.25) is 0 Å². The first-order valence-corrected chi connectivity index (χ1v) is 5.71. The van der Waals surface area contributed by atoms with Crippen molar-refractivity contribution < 1.29 is 5.11 Å². The quantitative estimate of drug-likeness (QED) is 0.837. The number of hydrogen-bond donors (Lipinski definition) is 2. The number of hydrogen-bond acceptors (Lipinski definition) is 3. The molecule has 0 saturated carbocycles. The molecule has 4 heteroatoms. The lowest BCUT2D eigenvalue weighted by Gasteiger charge is -2.17. The van der Waals surface area contributed by atoms with Crippen molar-refractivity contribution >= 4 is 11.3 Å². The Morgan fingerprint density at radius 3 is 2.93 bits per heavy atom. The zero-order chi connectivity index (χ0) is 10.9. The number of nitrogens with zero attached hydrogens (tertiary/aromatic N) is 1. The molecule has 15 heavy (non-hydrogen) atoms. The summed E-state index contributed by atoms with van der Waals surface area (Å²) in [6.07, 6.45) is 3.80. The van der Waals surface area contributed by atoms with Crippen LogP contribution in [0.3, 0.4) is 0 Å². The van der Waals surface area contributed by atoms with Crippen molar-refractivity contribution in [3.8, 4) is 11.3 Å². The van der Waals surface area contributed by atoms with Gasteiger partial charge in [0.1, 0.15) is 5.01 Å². The van der Waals surface area contributed by atoms with E-state index in [1.807, 2.05) is 37.7 Å². The summed E-state index contributed by atoms with van der Waals surface area (Å²) in [6.45, 7) is 4.10. The molecule has 0 aliphatic heterocycles. The fourth-order valence-corrected chi connectivity index (χ4v) is 2.21. The Hall–Kier alpha value is -1.13. The fraction of sp³-hybridized carbons (Fsp3) is 0.364. The maximum atomic E-state index is 9.25. The molecule has 3 nitrogen and oxygen atoms in total. The molecule has 2 aromatic rings. The summed E-state index contributed by atoms with van der Waals surface area (Å²) in [7, 11) is 0. The Morgan fingerprint density at radius 1 is 1.53 bits per heavy atom. The molecule has 0 unspecified atom stereocenters. The van der Waals surface area contributed by atoms with E-state index in [0.717, 1.165) is 16.3 Å². The molecule has 0 aromatic carbocycles. The van der Waals surface area contributed by atoms with Gasteiger partial charge in [0.15, 0.2) is 0 Å². The van der Waals surface area contributed by atoms with Gasteiger partial charge in [-0.2, -0.15) is 0 Å². The van der Waals surface area contributed by atoms with Crippen LogP contribution in [-0.4, -0.2) is 21.7 Å². The van der Waals surface area contributed by atoms with Crippen molar-refractivity contribution in [3.63, 3.8) is 0 Å². The Balaban J connectivity index is 2.33. The van der Waals surface area contributed by atoms with Gasteiger partial charge in [-0.3, -0.25) is 0 Å². The molecule has 2 aromatic heterocycles. The van der Waals surface area contributed by atoms with E-state index in [4.69, 9.17) is 0 Å². The third-order valence-corrected chi connectivity index (χ3v) is 3.58. The van der Waals surface area contributed by atoms with Crippen LogP contribution in [0.5, 0.6) is 0 Å². The number of nitrogens with one attached hydrogen (secondary N) is 1. The van der Waals surface area contributed by atoms with Gasteiger partial charge in [0.05, 0.1) is 12.3 Å². The number of aromatic amines is 1. The largest absolute Gasteiger partial charge is 0.395 e. The monoisotopic (exact) mass is 222 g/mol. The van der Waals surface area contributed by atoms with Gasteiger partial charge in [-0.1, -0.05) is 13.8 Å². The van der Waals surface area contributed by atoms with Crippen LogP contribution in [0.1, 0.15) is 18.9 Å². The van der Waals surface area contributed by atoms with Crippen molar-refractivity contribution in [2.24, 2.45) is 0 Å². The molecular weight excluding hydrogens is 208 g/mol. The molecule has 0 aliphatic rings. The molecule has 0 fully saturated rings. The Morgan fingerprint density at radius 2 is 2.33 bits per heavy atom. The highest BCUT2D eigenvalue weighted by molar-refractivity contribution is 7.10. The predicted octanol–water partition coefficient (Wildman–Crippen LogP) is 2.41. The van der Waals surface area contributed by atoms with E-state index in [9.17, 15) is 5.11 Å². The van der Waals surface area contributed by atoms with Crippen molar-refractivity contribution in [3.05, 3.63) is 28.8 Å². The number of aliphatic hydroxyl groups is 1. The van der Waals surface area contributed by atoms with E-state index in [-0.39, 0.29) is 12.0 Å². The molecule has 0 amide bonds. The van der Waals surface area contributed by atoms with Crippen molar-refractivity contribution in [1.82, 2.24) is 9.97 Å².